The molecule has 2 rings (SSSR count). The van der Waals surface area contributed by atoms with Gasteiger partial charge in [-0.1, -0.05) is 54.1 Å². The van der Waals surface area contributed by atoms with Crippen LogP contribution in [0, 0.1) is 6.92 Å². The zero-order valence-electron chi connectivity index (χ0n) is 10.7. The predicted molar refractivity (Wildman–Crippen MR) is 81.6 cm³/mol. The number of hydrogen-bond acceptors (Lipinski definition) is 1. The van der Waals surface area contributed by atoms with E-state index in [0.29, 0.717) is 0 Å². The largest absolute Gasteiger partial charge is 0.229 e. The molecule has 1 unspecified atom stereocenters. The van der Waals surface area contributed by atoms with E-state index in [1.54, 1.807) is 12.3 Å². The Morgan fingerprint density at radius 3 is 2.37 bits per heavy atom. The van der Waals surface area contributed by atoms with Gasteiger partial charge in [-0.05, 0) is 30.7 Å². The molecule has 2 aromatic carbocycles. The molecular weight excluding hydrogens is 254 g/mol. The fourth-order valence-electron chi connectivity index (χ4n) is 1.52. The highest BCUT2D eigenvalue weighted by Crippen LogP contribution is 2.08. The minimum atomic E-state index is -1.33. The summed E-state index contributed by atoms with van der Waals surface area (Å²) < 4.78 is 15.8. The zero-order valence-corrected chi connectivity index (χ0v) is 11.5. The van der Waals surface area contributed by atoms with E-state index in [0.717, 1.165) is 16.0 Å². The van der Waals surface area contributed by atoms with Crippen molar-refractivity contribution in [3.05, 3.63) is 71.8 Å². The number of allylic oxidation sites excluding steroid dienone is 1. The average molecular weight is 269 g/mol. The van der Waals surface area contributed by atoms with E-state index in [-0.39, 0.29) is 0 Å². The van der Waals surface area contributed by atoms with Gasteiger partial charge in [-0.15, -0.1) is 0 Å². The molecule has 2 nitrogen and oxygen atoms in total. The van der Waals surface area contributed by atoms with E-state index in [2.05, 4.69) is 4.40 Å². The summed E-state index contributed by atoms with van der Waals surface area (Å²) in [6, 6.07) is 17.5. The monoisotopic (exact) mass is 269 g/mol. The highest BCUT2D eigenvalue weighted by atomic mass is 32.2. The van der Waals surface area contributed by atoms with E-state index >= 15 is 0 Å². The molecule has 0 heterocycles. The van der Waals surface area contributed by atoms with Crippen molar-refractivity contribution in [3.8, 4) is 0 Å². The number of nitrogens with zero attached hydrogens (tertiary/aromatic N) is 1. The molecule has 0 spiro atoms. The summed E-state index contributed by atoms with van der Waals surface area (Å²) in [5, 5.41) is 0. The van der Waals surface area contributed by atoms with Gasteiger partial charge in [0.1, 0.15) is 0 Å². The summed E-state index contributed by atoms with van der Waals surface area (Å²) in [4.78, 5) is 0.718. The standard InChI is InChI=1S/C16H15NOS/c1-14-9-11-16(12-10-14)19(18)17-13-5-8-15-6-3-2-4-7-15/h2-13H,1H3/b8-5+,17-13+. The molecule has 2 aromatic rings. The Morgan fingerprint density at radius 1 is 1.00 bits per heavy atom. The summed E-state index contributed by atoms with van der Waals surface area (Å²) in [5.41, 5.74) is 2.24. The van der Waals surface area contributed by atoms with Crippen molar-refractivity contribution >= 4 is 23.3 Å². The normalized spacial score (nSPS) is 13.1. The molecule has 0 radical (unpaired) electrons. The van der Waals surface area contributed by atoms with E-state index in [9.17, 15) is 4.21 Å². The molecule has 0 saturated heterocycles. The summed E-state index contributed by atoms with van der Waals surface area (Å²) in [6.45, 7) is 2.00. The predicted octanol–water partition coefficient (Wildman–Crippen LogP) is 3.80. The molecule has 3 heteroatoms. The van der Waals surface area contributed by atoms with Gasteiger partial charge in [0.05, 0.1) is 4.90 Å². The molecule has 1 atom stereocenters. The van der Waals surface area contributed by atoms with Crippen molar-refractivity contribution in [2.45, 2.75) is 11.8 Å². The molecule has 0 fully saturated rings. The highest BCUT2D eigenvalue weighted by Gasteiger charge is 1.98. The Balaban J connectivity index is 1.97. The molecule has 0 aromatic heterocycles. The third-order valence-corrected chi connectivity index (χ3v) is 3.54. The fraction of sp³-hybridized carbons (Fsp3) is 0.0625. The first-order valence-corrected chi connectivity index (χ1v) is 7.11. The van der Waals surface area contributed by atoms with Gasteiger partial charge >= 0.3 is 0 Å². The lowest BCUT2D eigenvalue weighted by Gasteiger charge is -1.96. The van der Waals surface area contributed by atoms with Crippen LogP contribution in [-0.4, -0.2) is 10.4 Å². The first kappa shape index (κ1) is 13.4. The Hall–Kier alpha value is -2.00. The Morgan fingerprint density at radius 2 is 1.68 bits per heavy atom. The fourth-order valence-corrected chi connectivity index (χ4v) is 2.20. The number of hydrogen-bond donors (Lipinski definition) is 0. The van der Waals surface area contributed by atoms with Crippen molar-refractivity contribution in [1.82, 2.24) is 0 Å². The van der Waals surface area contributed by atoms with Crippen molar-refractivity contribution in [2.24, 2.45) is 4.40 Å². The van der Waals surface area contributed by atoms with E-state index < -0.39 is 11.0 Å². The third-order valence-electron chi connectivity index (χ3n) is 2.55. The maximum atomic E-state index is 11.8. The SMILES string of the molecule is Cc1ccc(S(=O)/N=C/C=C/c2ccccc2)cc1. The Kier molecular flexibility index (Phi) is 4.81. The van der Waals surface area contributed by atoms with Crippen LogP contribution in [0.5, 0.6) is 0 Å². The van der Waals surface area contributed by atoms with Gasteiger partial charge < -0.3 is 0 Å². The van der Waals surface area contributed by atoms with Gasteiger partial charge in [0, 0.05) is 6.21 Å². The van der Waals surface area contributed by atoms with Gasteiger partial charge in [0.15, 0.2) is 11.0 Å². The van der Waals surface area contributed by atoms with E-state index in [1.165, 1.54) is 0 Å². The zero-order chi connectivity index (χ0) is 13.5. The number of aryl methyl sites for hydroxylation is 1. The van der Waals surface area contributed by atoms with Crippen LogP contribution in [-0.2, 0) is 11.0 Å². The third kappa shape index (κ3) is 4.30. The molecule has 0 aliphatic rings. The van der Waals surface area contributed by atoms with Gasteiger partial charge in [-0.25, -0.2) is 4.21 Å². The first-order valence-electron chi connectivity index (χ1n) is 6.00. The van der Waals surface area contributed by atoms with Crippen LogP contribution in [0.4, 0.5) is 0 Å². The van der Waals surface area contributed by atoms with Crippen molar-refractivity contribution in [2.75, 3.05) is 0 Å². The summed E-state index contributed by atoms with van der Waals surface area (Å²) >= 11 is 0. The highest BCUT2D eigenvalue weighted by molar-refractivity contribution is 7.83. The lowest BCUT2D eigenvalue weighted by Crippen LogP contribution is -1.87. The molecule has 0 aliphatic carbocycles. The van der Waals surface area contributed by atoms with Gasteiger partial charge in [-0.2, -0.15) is 4.40 Å². The maximum absolute atomic E-state index is 11.8. The molecular formula is C16H15NOS. The van der Waals surface area contributed by atoms with Gasteiger partial charge in [-0.3, -0.25) is 0 Å². The van der Waals surface area contributed by atoms with E-state index in [1.807, 2.05) is 67.6 Å². The van der Waals surface area contributed by atoms with E-state index in [4.69, 9.17) is 0 Å². The first-order chi connectivity index (χ1) is 9.25. The van der Waals surface area contributed by atoms with Crippen LogP contribution in [0.15, 0.2) is 70.0 Å². The lowest BCUT2D eigenvalue weighted by molar-refractivity contribution is 0.684. The lowest BCUT2D eigenvalue weighted by atomic mass is 10.2. The molecule has 0 saturated carbocycles. The summed E-state index contributed by atoms with van der Waals surface area (Å²) in [7, 11) is -1.33. The van der Waals surface area contributed by atoms with Crippen LogP contribution < -0.4 is 0 Å². The average Bonchev–Trinajstić information content (AvgIpc) is 2.45. The van der Waals surface area contributed by atoms with Crippen LogP contribution in [0.25, 0.3) is 6.08 Å². The molecule has 0 aliphatic heterocycles. The second kappa shape index (κ2) is 6.81. The Labute approximate surface area is 116 Å². The molecule has 0 amide bonds. The second-order valence-electron chi connectivity index (χ2n) is 4.09. The molecule has 0 bridgehead atoms. The second-order valence-corrected chi connectivity index (χ2v) is 5.27. The topological polar surface area (TPSA) is 29.4 Å². The van der Waals surface area contributed by atoms with Crippen molar-refractivity contribution in [1.29, 1.82) is 0 Å². The van der Waals surface area contributed by atoms with Gasteiger partial charge in [0.2, 0.25) is 0 Å². The maximum Gasteiger partial charge on any atom is 0.172 e. The summed E-state index contributed by atoms with van der Waals surface area (Å²) in [6.07, 6.45) is 5.29. The van der Waals surface area contributed by atoms with Crippen LogP contribution in [0.2, 0.25) is 0 Å². The van der Waals surface area contributed by atoms with Crippen LogP contribution in [0.3, 0.4) is 0 Å². The van der Waals surface area contributed by atoms with Crippen LogP contribution >= 0.6 is 0 Å². The van der Waals surface area contributed by atoms with Crippen molar-refractivity contribution in [3.63, 3.8) is 0 Å². The van der Waals surface area contributed by atoms with Crippen LogP contribution in [0.1, 0.15) is 11.1 Å². The molecule has 0 N–H and O–H groups in total. The molecule has 19 heavy (non-hydrogen) atoms. The number of rotatable bonds is 4. The van der Waals surface area contributed by atoms with Crippen molar-refractivity contribution < 1.29 is 4.21 Å². The smallest absolute Gasteiger partial charge is 0.172 e. The van der Waals surface area contributed by atoms with Gasteiger partial charge in [0.25, 0.3) is 0 Å². The number of benzene rings is 2. The minimum absolute atomic E-state index is 0.718. The quantitative estimate of drug-likeness (QED) is 0.776. The Bertz CT molecular complexity index is 600. The molecule has 96 valence electrons. The minimum Gasteiger partial charge on any atom is -0.229 e. The summed E-state index contributed by atoms with van der Waals surface area (Å²) in [5.74, 6) is 0.